The van der Waals surface area contributed by atoms with E-state index in [1.54, 1.807) is 36.5 Å². The minimum atomic E-state index is -3.62. The SMILES string of the molecule is Cc1ccc(S(=O)(=O)n2ccc(B3OC(C)(C)C(C)(C)O3)c2)cc1. The molecule has 0 radical (unpaired) electrons. The molecule has 1 fully saturated rings. The molecule has 5 nitrogen and oxygen atoms in total. The summed E-state index contributed by atoms with van der Waals surface area (Å²) in [5.74, 6) is 0. The zero-order valence-corrected chi connectivity index (χ0v) is 15.4. The molecule has 1 saturated heterocycles. The zero-order valence-electron chi connectivity index (χ0n) is 14.6. The van der Waals surface area contributed by atoms with Crippen molar-refractivity contribution in [1.29, 1.82) is 0 Å². The van der Waals surface area contributed by atoms with Gasteiger partial charge >= 0.3 is 7.12 Å². The Kier molecular flexibility index (Phi) is 3.94. The van der Waals surface area contributed by atoms with Gasteiger partial charge in [0.2, 0.25) is 0 Å². The van der Waals surface area contributed by atoms with Gasteiger partial charge < -0.3 is 9.31 Å². The van der Waals surface area contributed by atoms with Crippen LogP contribution in [0.3, 0.4) is 0 Å². The molecule has 0 amide bonds. The number of hydrogen-bond donors (Lipinski definition) is 0. The highest BCUT2D eigenvalue weighted by Crippen LogP contribution is 2.36. The smallest absolute Gasteiger partial charge is 0.399 e. The van der Waals surface area contributed by atoms with Gasteiger partial charge in [-0.25, -0.2) is 12.4 Å². The van der Waals surface area contributed by atoms with Crippen molar-refractivity contribution < 1.29 is 17.7 Å². The molecule has 0 bridgehead atoms. The van der Waals surface area contributed by atoms with E-state index < -0.39 is 28.3 Å². The van der Waals surface area contributed by atoms with Crippen molar-refractivity contribution in [3.8, 4) is 0 Å². The van der Waals surface area contributed by atoms with E-state index in [1.165, 1.54) is 10.2 Å². The molecule has 1 aliphatic rings. The van der Waals surface area contributed by atoms with Gasteiger partial charge in [-0.3, -0.25) is 0 Å². The van der Waals surface area contributed by atoms with Crippen molar-refractivity contribution in [2.45, 2.75) is 50.7 Å². The summed E-state index contributed by atoms with van der Waals surface area (Å²) in [6, 6.07) is 8.50. The van der Waals surface area contributed by atoms with Crippen LogP contribution in [0, 0.1) is 6.92 Å². The highest BCUT2D eigenvalue weighted by Gasteiger charge is 2.52. The van der Waals surface area contributed by atoms with Crippen LogP contribution in [-0.2, 0) is 19.3 Å². The van der Waals surface area contributed by atoms with Crippen molar-refractivity contribution in [3.63, 3.8) is 0 Å². The monoisotopic (exact) mass is 347 g/mol. The van der Waals surface area contributed by atoms with Crippen molar-refractivity contribution in [2.75, 3.05) is 0 Å². The second-order valence-corrected chi connectivity index (χ2v) is 9.02. The maximum absolute atomic E-state index is 12.7. The van der Waals surface area contributed by atoms with Crippen LogP contribution < -0.4 is 5.46 Å². The molecule has 0 unspecified atom stereocenters. The van der Waals surface area contributed by atoms with E-state index in [2.05, 4.69) is 0 Å². The third-order valence-electron chi connectivity index (χ3n) is 4.81. The first-order valence-corrected chi connectivity index (χ1v) is 9.33. The predicted molar refractivity (Wildman–Crippen MR) is 93.9 cm³/mol. The van der Waals surface area contributed by atoms with Gasteiger partial charge in [0.05, 0.1) is 16.1 Å². The molecule has 2 heterocycles. The molecule has 0 spiro atoms. The van der Waals surface area contributed by atoms with E-state index in [4.69, 9.17) is 9.31 Å². The van der Waals surface area contributed by atoms with Crippen molar-refractivity contribution in [3.05, 3.63) is 48.3 Å². The molecule has 7 heteroatoms. The van der Waals surface area contributed by atoms with Crippen LogP contribution in [0.15, 0.2) is 47.6 Å². The van der Waals surface area contributed by atoms with Gasteiger partial charge in [0.25, 0.3) is 10.0 Å². The van der Waals surface area contributed by atoms with Gasteiger partial charge in [-0.1, -0.05) is 17.7 Å². The number of nitrogens with zero attached hydrogens (tertiary/aromatic N) is 1. The summed E-state index contributed by atoms with van der Waals surface area (Å²) >= 11 is 0. The highest BCUT2D eigenvalue weighted by molar-refractivity contribution is 7.90. The molecule has 1 aromatic heterocycles. The number of aromatic nitrogens is 1. The molecule has 1 aromatic carbocycles. The fraction of sp³-hybridized carbons (Fsp3) is 0.412. The molecule has 0 saturated carbocycles. The Morgan fingerprint density at radius 2 is 1.50 bits per heavy atom. The van der Waals surface area contributed by atoms with E-state index in [0.29, 0.717) is 5.46 Å². The Balaban J connectivity index is 1.90. The maximum Gasteiger partial charge on any atom is 0.496 e. The topological polar surface area (TPSA) is 57.5 Å². The molecule has 128 valence electrons. The minimum Gasteiger partial charge on any atom is -0.399 e. The summed E-state index contributed by atoms with van der Waals surface area (Å²) < 4.78 is 38.6. The predicted octanol–water partition coefficient (Wildman–Crippen LogP) is 2.33. The second-order valence-electron chi connectivity index (χ2n) is 7.18. The minimum absolute atomic E-state index is 0.254. The van der Waals surface area contributed by atoms with Crippen LogP contribution in [0.2, 0.25) is 0 Å². The van der Waals surface area contributed by atoms with Crippen molar-refractivity contribution in [2.24, 2.45) is 0 Å². The summed E-state index contributed by atoms with van der Waals surface area (Å²) in [7, 11) is -4.20. The molecule has 3 rings (SSSR count). The average molecular weight is 347 g/mol. The Labute approximate surface area is 143 Å². The van der Waals surface area contributed by atoms with E-state index >= 15 is 0 Å². The van der Waals surface area contributed by atoms with Crippen LogP contribution >= 0.6 is 0 Å². The summed E-state index contributed by atoms with van der Waals surface area (Å²) in [6.45, 7) is 9.78. The van der Waals surface area contributed by atoms with Crippen LogP contribution in [-0.4, -0.2) is 30.7 Å². The fourth-order valence-electron chi connectivity index (χ4n) is 2.49. The van der Waals surface area contributed by atoms with E-state index in [1.807, 2.05) is 34.6 Å². The molecule has 0 atom stereocenters. The Morgan fingerprint density at radius 3 is 2.04 bits per heavy atom. The average Bonchev–Trinajstić information content (AvgIpc) is 3.03. The van der Waals surface area contributed by atoms with Crippen molar-refractivity contribution in [1.82, 2.24) is 3.97 Å². The van der Waals surface area contributed by atoms with Gasteiger partial charge in [0.1, 0.15) is 0 Å². The third-order valence-corrected chi connectivity index (χ3v) is 6.46. The molecule has 2 aromatic rings. The molecule has 0 N–H and O–H groups in total. The first-order chi connectivity index (χ1) is 11.0. The lowest BCUT2D eigenvalue weighted by atomic mass is 9.81. The third kappa shape index (κ3) is 2.81. The molecular weight excluding hydrogens is 325 g/mol. The normalized spacial score (nSPS) is 19.6. The molecular formula is C17H22BNO4S. The van der Waals surface area contributed by atoms with Crippen LogP contribution in [0.5, 0.6) is 0 Å². The fourth-order valence-corrected chi connectivity index (χ4v) is 3.70. The van der Waals surface area contributed by atoms with E-state index in [-0.39, 0.29) is 4.90 Å². The highest BCUT2D eigenvalue weighted by atomic mass is 32.2. The Morgan fingerprint density at radius 1 is 0.958 bits per heavy atom. The van der Waals surface area contributed by atoms with Gasteiger partial charge in [-0.2, -0.15) is 0 Å². The van der Waals surface area contributed by atoms with Crippen molar-refractivity contribution >= 4 is 22.6 Å². The first kappa shape index (κ1) is 17.3. The Bertz CT molecular complexity index is 837. The first-order valence-electron chi connectivity index (χ1n) is 7.89. The standard InChI is InChI=1S/C17H22BNO4S/c1-13-6-8-15(9-7-13)24(20,21)19-11-10-14(12-19)18-22-16(2,3)17(4,5)23-18/h6-12H,1-5H3. The van der Waals surface area contributed by atoms with Gasteiger partial charge in [0.15, 0.2) is 0 Å². The van der Waals surface area contributed by atoms with Gasteiger partial charge in [-0.15, -0.1) is 0 Å². The lowest BCUT2D eigenvalue weighted by Crippen LogP contribution is -2.41. The number of rotatable bonds is 3. The Hall–Kier alpha value is -1.57. The van der Waals surface area contributed by atoms with Crippen LogP contribution in [0.4, 0.5) is 0 Å². The number of hydrogen-bond acceptors (Lipinski definition) is 4. The molecule has 1 aliphatic heterocycles. The van der Waals surface area contributed by atoms with E-state index in [9.17, 15) is 8.42 Å². The maximum atomic E-state index is 12.7. The van der Waals surface area contributed by atoms with Crippen LogP contribution in [0.25, 0.3) is 0 Å². The summed E-state index contributed by atoms with van der Waals surface area (Å²) in [5, 5.41) is 0. The number of aryl methyl sites for hydroxylation is 1. The summed E-state index contributed by atoms with van der Waals surface area (Å²) in [6.07, 6.45) is 3.08. The second kappa shape index (κ2) is 5.47. The number of benzene rings is 1. The quantitative estimate of drug-likeness (QED) is 0.800. The van der Waals surface area contributed by atoms with Gasteiger partial charge in [0, 0.05) is 17.9 Å². The molecule has 24 heavy (non-hydrogen) atoms. The summed E-state index contributed by atoms with van der Waals surface area (Å²) in [5.41, 5.74) is 0.772. The molecule has 0 aliphatic carbocycles. The lowest BCUT2D eigenvalue weighted by Gasteiger charge is -2.32. The zero-order chi connectivity index (χ0) is 17.8. The van der Waals surface area contributed by atoms with E-state index in [0.717, 1.165) is 5.56 Å². The summed E-state index contributed by atoms with van der Waals surface area (Å²) in [4.78, 5) is 0.254. The largest absolute Gasteiger partial charge is 0.496 e. The lowest BCUT2D eigenvalue weighted by molar-refractivity contribution is 0.00578. The van der Waals surface area contributed by atoms with Gasteiger partial charge in [-0.05, 0) is 52.8 Å². The van der Waals surface area contributed by atoms with Crippen LogP contribution in [0.1, 0.15) is 33.3 Å².